The minimum absolute atomic E-state index is 0.459. The molecule has 1 saturated heterocycles. The van der Waals surface area contributed by atoms with Gasteiger partial charge in [0.2, 0.25) is 0 Å². The van der Waals surface area contributed by atoms with Crippen molar-refractivity contribution in [3.8, 4) is 0 Å². The normalized spacial score (nSPS) is 41.1. The third-order valence-electron chi connectivity index (χ3n) is 5.09. The second kappa shape index (κ2) is 6.19. The lowest BCUT2D eigenvalue weighted by atomic mass is 9.89. The molecule has 1 heterocycles. The minimum atomic E-state index is 0.459. The summed E-state index contributed by atoms with van der Waals surface area (Å²) in [6, 6.07) is 1.32. The van der Waals surface area contributed by atoms with E-state index in [1.54, 1.807) is 0 Å². The van der Waals surface area contributed by atoms with Crippen LogP contribution in [0.3, 0.4) is 0 Å². The number of likely N-dealkylation sites (tertiary alicyclic amines) is 1. The van der Waals surface area contributed by atoms with E-state index >= 15 is 0 Å². The molecule has 2 heteroatoms. The molecule has 0 aromatic rings. The fourth-order valence-electron chi connectivity index (χ4n) is 3.67. The fourth-order valence-corrected chi connectivity index (χ4v) is 3.67. The number of piperidine rings is 1. The van der Waals surface area contributed by atoms with Crippen LogP contribution in [0.25, 0.3) is 0 Å². The second-order valence-electron chi connectivity index (χ2n) is 6.38. The van der Waals surface area contributed by atoms with E-state index in [-0.39, 0.29) is 0 Å². The summed E-state index contributed by atoms with van der Waals surface area (Å²) >= 11 is 0. The zero-order valence-electron chi connectivity index (χ0n) is 11.7. The van der Waals surface area contributed by atoms with Crippen molar-refractivity contribution in [2.45, 2.75) is 70.9 Å². The summed E-state index contributed by atoms with van der Waals surface area (Å²) in [5.74, 6) is 1.69. The van der Waals surface area contributed by atoms with Crippen molar-refractivity contribution in [3.63, 3.8) is 0 Å². The smallest absolute Gasteiger partial charge is 0.00954 e. The van der Waals surface area contributed by atoms with Gasteiger partial charge in [-0.05, 0) is 44.1 Å². The highest BCUT2D eigenvalue weighted by Crippen LogP contribution is 2.29. The van der Waals surface area contributed by atoms with E-state index in [4.69, 9.17) is 5.73 Å². The monoisotopic (exact) mass is 238 g/mol. The molecule has 1 saturated carbocycles. The molecule has 4 unspecified atom stereocenters. The molecular weight excluding hydrogens is 208 g/mol. The van der Waals surface area contributed by atoms with Gasteiger partial charge in [-0.3, -0.25) is 4.90 Å². The predicted octanol–water partition coefficient (Wildman–Crippen LogP) is 3.01. The molecule has 4 atom stereocenters. The van der Waals surface area contributed by atoms with Gasteiger partial charge >= 0.3 is 0 Å². The van der Waals surface area contributed by atoms with Crippen LogP contribution in [0.15, 0.2) is 0 Å². The van der Waals surface area contributed by atoms with Gasteiger partial charge in [0.15, 0.2) is 0 Å². The third kappa shape index (κ3) is 3.45. The van der Waals surface area contributed by atoms with Crippen molar-refractivity contribution in [3.05, 3.63) is 0 Å². The summed E-state index contributed by atoms with van der Waals surface area (Å²) in [5, 5.41) is 0. The van der Waals surface area contributed by atoms with E-state index in [1.165, 1.54) is 58.0 Å². The molecule has 2 fully saturated rings. The van der Waals surface area contributed by atoms with E-state index < -0.39 is 0 Å². The van der Waals surface area contributed by atoms with Gasteiger partial charge in [0, 0.05) is 18.6 Å². The van der Waals surface area contributed by atoms with Gasteiger partial charge in [0.05, 0.1) is 0 Å². The summed E-state index contributed by atoms with van der Waals surface area (Å²) in [6.07, 6.45) is 9.63. The third-order valence-corrected chi connectivity index (χ3v) is 5.09. The molecule has 0 aromatic heterocycles. The van der Waals surface area contributed by atoms with Crippen molar-refractivity contribution in [2.75, 3.05) is 13.1 Å². The van der Waals surface area contributed by atoms with Gasteiger partial charge in [-0.25, -0.2) is 0 Å². The molecule has 0 bridgehead atoms. The molecule has 2 nitrogen and oxygen atoms in total. The van der Waals surface area contributed by atoms with Crippen LogP contribution in [0, 0.1) is 11.8 Å². The van der Waals surface area contributed by atoms with Crippen LogP contribution in [0.5, 0.6) is 0 Å². The molecule has 0 spiro atoms. The quantitative estimate of drug-likeness (QED) is 0.749. The summed E-state index contributed by atoms with van der Waals surface area (Å²) in [6.45, 7) is 7.22. The summed E-state index contributed by atoms with van der Waals surface area (Å²) < 4.78 is 0. The highest BCUT2D eigenvalue weighted by Gasteiger charge is 2.30. The molecule has 0 aromatic carbocycles. The van der Waals surface area contributed by atoms with Crippen LogP contribution in [0.2, 0.25) is 0 Å². The Morgan fingerprint density at radius 3 is 2.71 bits per heavy atom. The lowest BCUT2D eigenvalue weighted by Crippen LogP contribution is -2.50. The Bertz CT molecular complexity index is 229. The number of nitrogens with two attached hydrogens (primary N) is 1. The summed E-state index contributed by atoms with van der Waals surface area (Å²) in [5.41, 5.74) is 6.21. The SMILES string of the molecule is CCC1CN(C2CCCC(C)CC2)CCC1N. The first kappa shape index (κ1) is 13.4. The largest absolute Gasteiger partial charge is 0.327 e. The van der Waals surface area contributed by atoms with Crippen LogP contribution >= 0.6 is 0 Å². The molecule has 0 amide bonds. The standard InChI is InChI=1S/C15H30N2/c1-3-13-11-17(10-9-15(13)16)14-6-4-5-12(2)7-8-14/h12-15H,3-11,16H2,1-2H3. The van der Waals surface area contributed by atoms with Crippen molar-refractivity contribution in [1.82, 2.24) is 4.90 Å². The molecule has 1 aliphatic heterocycles. The second-order valence-corrected chi connectivity index (χ2v) is 6.38. The Labute approximate surface area is 107 Å². The van der Waals surface area contributed by atoms with Crippen molar-refractivity contribution in [2.24, 2.45) is 17.6 Å². The first-order valence-corrected chi connectivity index (χ1v) is 7.70. The Kier molecular flexibility index (Phi) is 4.87. The highest BCUT2D eigenvalue weighted by molar-refractivity contribution is 4.86. The Hall–Kier alpha value is -0.0800. The van der Waals surface area contributed by atoms with Crippen molar-refractivity contribution in [1.29, 1.82) is 0 Å². The Morgan fingerprint density at radius 2 is 1.94 bits per heavy atom. The molecule has 2 rings (SSSR count). The van der Waals surface area contributed by atoms with Crippen LogP contribution in [0.4, 0.5) is 0 Å². The number of nitrogens with zero attached hydrogens (tertiary/aromatic N) is 1. The van der Waals surface area contributed by atoms with E-state index in [0.717, 1.165) is 17.9 Å². The van der Waals surface area contributed by atoms with Gasteiger partial charge < -0.3 is 5.73 Å². The fraction of sp³-hybridized carbons (Fsp3) is 1.00. The van der Waals surface area contributed by atoms with E-state index in [2.05, 4.69) is 18.7 Å². The molecule has 1 aliphatic carbocycles. The minimum Gasteiger partial charge on any atom is -0.327 e. The van der Waals surface area contributed by atoms with Crippen LogP contribution < -0.4 is 5.73 Å². The van der Waals surface area contributed by atoms with Crippen LogP contribution in [0.1, 0.15) is 58.8 Å². The van der Waals surface area contributed by atoms with Gasteiger partial charge in [-0.15, -0.1) is 0 Å². The lowest BCUT2D eigenvalue weighted by molar-refractivity contribution is 0.0972. The summed E-state index contributed by atoms with van der Waals surface area (Å²) in [4.78, 5) is 2.76. The molecule has 100 valence electrons. The zero-order valence-corrected chi connectivity index (χ0v) is 11.7. The van der Waals surface area contributed by atoms with Crippen molar-refractivity contribution < 1.29 is 0 Å². The number of rotatable bonds is 2. The Morgan fingerprint density at radius 1 is 1.12 bits per heavy atom. The first-order chi connectivity index (χ1) is 8.20. The maximum Gasteiger partial charge on any atom is 0.00954 e. The molecule has 17 heavy (non-hydrogen) atoms. The maximum atomic E-state index is 6.21. The van der Waals surface area contributed by atoms with E-state index in [9.17, 15) is 0 Å². The first-order valence-electron chi connectivity index (χ1n) is 7.70. The number of hydrogen-bond acceptors (Lipinski definition) is 2. The van der Waals surface area contributed by atoms with Crippen LogP contribution in [-0.4, -0.2) is 30.1 Å². The molecule has 0 radical (unpaired) electrons. The molecule has 2 N–H and O–H groups in total. The van der Waals surface area contributed by atoms with Gasteiger partial charge in [-0.2, -0.15) is 0 Å². The number of hydrogen-bond donors (Lipinski definition) is 1. The van der Waals surface area contributed by atoms with Crippen LogP contribution in [-0.2, 0) is 0 Å². The summed E-state index contributed by atoms with van der Waals surface area (Å²) in [7, 11) is 0. The average Bonchev–Trinajstić information content (AvgIpc) is 2.55. The van der Waals surface area contributed by atoms with Gasteiger partial charge in [0.25, 0.3) is 0 Å². The average molecular weight is 238 g/mol. The lowest BCUT2D eigenvalue weighted by Gasteiger charge is -2.41. The highest BCUT2D eigenvalue weighted by atomic mass is 15.2. The van der Waals surface area contributed by atoms with Gasteiger partial charge in [-0.1, -0.05) is 33.1 Å². The van der Waals surface area contributed by atoms with Crippen molar-refractivity contribution >= 4 is 0 Å². The van der Waals surface area contributed by atoms with E-state index in [0.29, 0.717) is 6.04 Å². The molecular formula is C15H30N2. The Balaban J connectivity index is 1.88. The molecule has 2 aliphatic rings. The predicted molar refractivity (Wildman–Crippen MR) is 74.0 cm³/mol. The maximum absolute atomic E-state index is 6.21. The van der Waals surface area contributed by atoms with E-state index in [1.807, 2.05) is 0 Å². The topological polar surface area (TPSA) is 29.3 Å². The zero-order chi connectivity index (χ0) is 12.3. The van der Waals surface area contributed by atoms with Gasteiger partial charge in [0.1, 0.15) is 0 Å².